The van der Waals surface area contributed by atoms with Gasteiger partial charge in [0.1, 0.15) is 12.4 Å². The van der Waals surface area contributed by atoms with Gasteiger partial charge in [0.25, 0.3) is 0 Å². The molecule has 0 aromatic carbocycles. The van der Waals surface area contributed by atoms with Crippen molar-refractivity contribution in [3.8, 4) is 0 Å². The van der Waals surface area contributed by atoms with Gasteiger partial charge >= 0.3 is 19.8 Å². The van der Waals surface area contributed by atoms with Crippen LogP contribution in [0, 0.1) is 11.8 Å². The zero-order chi connectivity index (χ0) is 40.7. The first kappa shape index (κ1) is 51.1. The molecule has 0 bridgehead atoms. The summed E-state index contributed by atoms with van der Waals surface area (Å²) in [5.41, 5.74) is 5.33. The molecular formula is C41H74NO12P. The van der Waals surface area contributed by atoms with Crippen LogP contribution in [0.1, 0.15) is 155 Å². The summed E-state index contributed by atoms with van der Waals surface area (Å²) in [6.07, 6.45) is 21.3. The highest BCUT2D eigenvalue weighted by atomic mass is 31.2. The number of carbonyl (C=O) groups excluding carboxylic acids is 3. The zero-order valence-electron chi connectivity index (χ0n) is 33.7. The second kappa shape index (κ2) is 32.0. The molecule has 1 saturated carbocycles. The van der Waals surface area contributed by atoms with Crippen molar-refractivity contribution in [2.24, 2.45) is 17.6 Å². The third-order valence-electron chi connectivity index (χ3n) is 9.79. The van der Waals surface area contributed by atoms with E-state index in [9.17, 15) is 39.2 Å². The van der Waals surface area contributed by atoms with E-state index in [2.05, 4.69) is 26.0 Å². The molecule has 1 fully saturated rings. The van der Waals surface area contributed by atoms with Crippen LogP contribution < -0.4 is 5.73 Å². The van der Waals surface area contributed by atoms with Crippen LogP contribution in [0.4, 0.5) is 0 Å². The van der Waals surface area contributed by atoms with Gasteiger partial charge < -0.3 is 35.4 Å². The van der Waals surface area contributed by atoms with Crippen molar-refractivity contribution in [1.29, 1.82) is 0 Å². The summed E-state index contributed by atoms with van der Waals surface area (Å²) in [5, 5.41) is 31.2. The minimum Gasteiger partial charge on any atom is -0.462 e. The predicted octanol–water partition coefficient (Wildman–Crippen LogP) is 7.17. The summed E-state index contributed by atoms with van der Waals surface area (Å²) in [7, 11) is -4.47. The summed E-state index contributed by atoms with van der Waals surface area (Å²) in [6.45, 7) is 3.16. The highest BCUT2D eigenvalue weighted by Crippen LogP contribution is 2.43. The number of hydrogen-bond donors (Lipinski definition) is 5. The minimum absolute atomic E-state index is 0.000847. The smallest absolute Gasteiger partial charge is 0.462 e. The first-order chi connectivity index (χ1) is 26.4. The van der Waals surface area contributed by atoms with Gasteiger partial charge in [-0.2, -0.15) is 0 Å². The van der Waals surface area contributed by atoms with Gasteiger partial charge in [-0.3, -0.25) is 23.4 Å². The number of ketones is 1. The normalized spacial score (nSPS) is 20.9. The second-order valence-electron chi connectivity index (χ2n) is 14.8. The number of Topliss-reactive ketones (excluding diaryl/α,β-unsaturated/α-hetero) is 1. The van der Waals surface area contributed by atoms with Gasteiger partial charge in [0.2, 0.25) is 0 Å². The van der Waals surface area contributed by atoms with Gasteiger partial charge in [-0.15, -0.1) is 0 Å². The first-order valence-electron chi connectivity index (χ1n) is 21.0. The molecule has 13 nitrogen and oxygen atoms in total. The van der Waals surface area contributed by atoms with E-state index in [1.807, 2.05) is 0 Å². The quantitative estimate of drug-likeness (QED) is 0.0186. The standard InChI is InChI=1S/C41H74NO12P/c1-3-5-7-8-9-10-11-12-13-14-15-16-18-24-41(48)54-35(32-53-55(49,50)52-28-27-42)31-51-40(47)23-20-19-22-34(44)29-37-36(38(45)30-39(37)46)26-25-33(43)21-17-6-4-2/h10-11,25-26,33,35-39,43,45-46H,3-9,12-24,27-32,42H2,1-2H3,(H,49,50)/b11-10-,26-25+/t33-,35+,36+,37+,38+,39-/m0/s1. The lowest BCUT2D eigenvalue weighted by Gasteiger charge is -2.20. The van der Waals surface area contributed by atoms with Crippen LogP contribution in [0.2, 0.25) is 0 Å². The summed E-state index contributed by atoms with van der Waals surface area (Å²) in [6, 6.07) is 0. The lowest BCUT2D eigenvalue weighted by molar-refractivity contribution is -0.161. The van der Waals surface area contributed by atoms with E-state index in [0.717, 1.165) is 57.8 Å². The van der Waals surface area contributed by atoms with Gasteiger partial charge in [-0.1, -0.05) is 95.9 Å². The lowest BCUT2D eigenvalue weighted by Crippen LogP contribution is -2.29. The molecule has 55 heavy (non-hydrogen) atoms. The van der Waals surface area contributed by atoms with Crippen LogP contribution in [0.15, 0.2) is 24.3 Å². The van der Waals surface area contributed by atoms with Crippen LogP contribution in [0.5, 0.6) is 0 Å². The molecule has 320 valence electrons. The number of ether oxygens (including phenoxy) is 2. The molecule has 0 radical (unpaired) electrons. The van der Waals surface area contributed by atoms with Crippen molar-refractivity contribution in [2.45, 2.75) is 180 Å². The average Bonchev–Trinajstić information content (AvgIpc) is 3.41. The lowest BCUT2D eigenvalue weighted by atomic mass is 9.87. The molecular weight excluding hydrogens is 729 g/mol. The van der Waals surface area contributed by atoms with E-state index in [4.69, 9.17) is 24.3 Å². The Morgan fingerprint density at radius 3 is 2.07 bits per heavy atom. The fraction of sp³-hybridized carbons (Fsp3) is 0.829. The molecule has 1 unspecified atom stereocenters. The second-order valence-corrected chi connectivity index (χ2v) is 16.3. The molecule has 0 aliphatic heterocycles. The zero-order valence-corrected chi connectivity index (χ0v) is 34.6. The summed E-state index contributed by atoms with van der Waals surface area (Å²) < 4.78 is 32.6. The number of hydrogen-bond acceptors (Lipinski definition) is 12. The van der Waals surface area contributed by atoms with Crippen LogP contribution in [0.3, 0.4) is 0 Å². The highest BCUT2D eigenvalue weighted by molar-refractivity contribution is 7.47. The van der Waals surface area contributed by atoms with E-state index in [0.29, 0.717) is 25.7 Å². The van der Waals surface area contributed by atoms with E-state index in [1.54, 1.807) is 12.2 Å². The molecule has 6 N–H and O–H groups in total. The molecule has 1 aliphatic rings. The average molecular weight is 804 g/mol. The SMILES string of the molecule is CCCCCC/C=C\CCCCCCCC(=O)O[C@H](COC(=O)CCCCC(=O)C[C@@H]1[C@@H](/C=C/[C@@H](O)CCCCC)[C@H](O)C[C@@H]1O)COP(=O)(O)OCCN. The Morgan fingerprint density at radius 2 is 1.38 bits per heavy atom. The number of phosphoric acid groups is 1. The molecule has 1 rings (SSSR count). The Morgan fingerprint density at radius 1 is 0.782 bits per heavy atom. The van der Waals surface area contributed by atoms with Crippen LogP contribution in [-0.4, -0.2) is 88.7 Å². The Labute approximate surface area is 330 Å². The topological polar surface area (TPSA) is 212 Å². The van der Waals surface area contributed by atoms with Crippen molar-refractivity contribution >= 4 is 25.5 Å². The molecule has 0 heterocycles. The van der Waals surface area contributed by atoms with E-state index in [-0.39, 0.29) is 51.0 Å². The maximum absolute atomic E-state index is 12.8. The molecule has 0 amide bonds. The molecule has 0 saturated heterocycles. The highest BCUT2D eigenvalue weighted by Gasteiger charge is 2.41. The van der Waals surface area contributed by atoms with E-state index < -0.39 is 69.2 Å². The van der Waals surface area contributed by atoms with Crippen molar-refractivity contribution < 1.29 is 57.7 Å². The van der Waals surface area contributed by atoms with Gasteiger partial charge in [0.15, 0.2) is 6.10 Å². The largest absolute Gasteiger partial charge is 0.472 e. The van der Waals surface area contributed by atoms with Gasteiger partial charge in [-0.05, 0) is 51.4 Å². The van der Waals surface area contributed by atoms with E-state index >= 15 is 0 Å². The molecule has 0 spiro atoms. The molecule has 7 atom stereocenters. The van der Waals surface area contributed by atoms with Crippen molar-refractivity contribution in [2.75, 3.05) is 26.4 Å². The number of esters is 2. The number of nitrogens with two attached hydrogens (primary N) is 1. The summed E-state index contributed by atoms with van der Waals surface area (Å²) in [4.78, 5) is 47.8. The van der Waals surface area contributed by atoms with Crippen molar-refractivity contribution in [3.05, 3.63) is 24.3 Å². The fourth-order valence-corrected chi connectivity index (χ4v) is 7.33. The van der Waals surface area contributed by atoms with Gasteiger partial charge in [0, 0.05) is 50.5 Å². The summed E-state index contributed by atoms with van der Waals surface area (Å²) in [5.74, 6) is -2.11. The van der Waals surface area contributed by atoms with Crippen LogP contribution in [-0.2, 0) is 37.5 Å². The van der Waals surface area contributed by atoms with Crippen molar-refractivity contribution in [1.82, 2.24) is 0 Å². The summed E-state index contributed by atoms with van der Waals surface area (Å²) >= 11 is 0. The number of unbranched alkanes of at least 4 members (excludes halogenated alkanes) is 12. The Balaban J connectivity index is 2.46. The Kier molecular flexibility index (Phi) is 29.8. The molecule has 14 heteroatoms. The van der Waals surface area contributed by atoms with Crippen LogP contribution in [0.25, 0.3) is 0 Å². The Bertz CT molecular complexity index is 1130. The Hall–Kier alpha value is -1.96. The van der Waals surface area contributed by atoms with Crippen LogP contribution >= 0.6 is 7.82 Å². The number of allylic oxidation sites excluding steroid dienone is 2. The van der Waals surface area contributed by atoms with Crippen molar-refractivity contribution in [3.63, 3.8) is 0 Å². The monoisotopic (exact) mass is 803 g/mol. The molecule has 0 aromatic heterocycles. The van der Waals surface area contributed by atoms with Gasteiger partial charge in [0.05, 0.1) is 31.5 Å². The first-order valence-corrected chi connectivity index (χ1v) is 22.5. The number of phosphoric ester groups is 1. The molecule has 1 aliphatic carbocycles. The number of aliphatic hydroxyl groups excluding tert-OH is 3. The fourth-order valence-electron chi connectivity index (χ4n) is 6.57. The third kappa shape index (κ3) is 26.6. The number of rotatable bonds is 35. The molecule has 0 aromatic rings. The predicted molar refractivity (Wildman–Crippen MR) is 213 cm³/mol. The number of carbonyl (C=O) groups is 3. The number of aliphatic hydroxyl groups is 3. The third-order valence-corrected chi connectivity index (χ3v) is 10.8. The maximum Gasteiger partial charge on any atom is 0.472 e. The van der Waals surface area contributed by atoms with E-state index in [1.165, 1.54) is 25.7 Å². The van der Waals surface area contributed by atoms with Gasteiger partial charge in [-0.25, -0.2) is 4.57 Å². The minimum atomic E-state index is -4.47. The maximum atomic E-state index is 12.8.